The number of piperidine rings is 1. The number of likely N-dealkylation sites (tertiary alicyclic amines) is 1. The maximum atomic E-state index is 12.6. The lowest BCUT2D eigenvalue weighted by Gasteiger charge is -2.30. The van der Waals surface area contributed by atoms with E-state index >= 15 is 0 Å². The molecular formula is C22H20ClN5O4S. The van der Waals surface area contributed by atoms with Gasteiger partial charge in [-0.25, -0.2) is 4.79 Å². The number of nitrogens with one attached hydrogen (secondary N) is 2. The molecule has 0 radical (unpaired) electrons. The Labute approximate surface area is 198 Å². The van der Waals surface area contributed by atoms with Crippen LogP contribution in [0.3, 0.4) is 0 Å². The number of aromatic nitrogens is 2. The Bertz CT molecular complexity index is 1180. The molecule has 0 aliphatic carbocycles. The molecule has 33 heavy (non-hydrogen) atoms. The van der Waals surface area contributed by atoms with Gasteiger partial charge in [0.2, 0.25) is 11.8 Å². The number of carbonyl (C=O) groups is 2. The number of amides is 3. The summed E-state index contributed by atoms with van der Waals surface area (Å²) in [5.74, 6) is 1.09. The molecule has 2 aromatic carbocycles. The Balaban J connectivity index is 1.15. The number of anilines is 2. The van der Waals surface area contributed by atoms with Crippen LogP contribution in [0.2, 0.25) is 5.02 Å². The van der Waals surface area contributed by atoms with Gasteiger partial charge in [-0.2, -0.15) is 0 Å². The highest BCUT2D eigenvalue weighted by molar-refractivity contribution is 7.13. The Morgan fingerprint density at radius 3 is 2.48 bits per heavy atom. The smallest absolute Gasteiger partial charge is 0.321 e. The van der Waals surface area contributed by atoms with Crippen LogP contribution >= 0.6 is 22.9 Å². The molecule has 3 aromatic rings. The van der Waals surface area contributed by atoms with Crippen molar-refractivity contribution in [2.45, 2.75) is 18.8 Å². The Hall–Kier alpha value is -3.37. The number of halogens is 1. The highest BCUT2D eigenvalue weighted by Gasteiger charge is 2.27. The molecule has 2 aliphatic heterocycles. The molecular weight excluding hydrogens is 466 g/mol. The van der Waals surface area contributed by atoms with E-state index < -0.39 is 0 Å². The first-order chi connectivity index (χ1) is 16.0. The molecule has 1 aromatic heterocycles. The van der Waals surface area contributed by atoms with Crippen molar-refractivity contribution in [3.8, 4) is 11.5 Å². The van der Waals surface area contributed by atoms with Gasteiger partial charge < -0.3 is 25.0 Å². The number of rotatable bonds is 4. The summed E-state index contributed by atoms with van der Waals surface area (Å²) in [6.07, 6.45) is 1.51. The van der Waals surface area contributed by atoms with Gasteiger partial charge in [-0.15, -0.1) is 10.2 Å². The number of benzene rings is 2. The van der Waals surface area contributed by atoms with Gasteiger partial charge in [0.15, 0.2) is 11.5 Å². The number of ether oxygens (including phenoxy) is 2. The van der Waals surface area contributed by atoms with Crippen LogP contribution in [-0.2, 0) is 0 Å². The fourth-order valence-corrected chi connectivity index (χ4v) is 4.75. The molecule has 1 saturated heterocycles. The largest absolute Gasteiger partial charge is 0.454 e. The van der Waals surface area contributed by atoms with Gasteiger partial charge in [-0.3, -0.25) is 4.79 Å². The molecule has 0 saturated carbocycles. The van der Waals surface area contributed by atoms with Gasteiger partial charge in [0.1, 0.15) is 5.01 Å². The van der Waals surface area contributed by atoms with Crippen molar-refractivity contribution in [2.24, 2.45) is 0 Å². The number of fused-ring (bicyclic) bond motifs is 1. The number of carbonyl (C=O) groups excluding carboxylic acids is 2. The zero-order valence-electron chi connectivity index (χ0n) is 17.4. The molecule has 9 nitrogen and oxygen atoms in total. The van der Waals surface area contributed by atoms with Gasteiger partial charge in [-0.1, -0.05) is 22.9 Å². The van der Waals surface area contributed by atoms with Crippen LogP contribution in [-0.4, -0.2) is 46.9 Å². The third kappa shape index (κ3) is 4.86. The maximum absolute atomic E-state index is 12.6. The summed E-state index contributed by atoms with van der Waals surface area (Å²) < 4.78 is 10.6. The van der Waals surface area contributed by atoms with Gasteiger partial charge in [-0.05, 0) is 49.2 Å². The van der Waals surface area contributed by atoms with Gasteiger partial charge in [0, 0.05) is 41.5 Å². The normalized spacial score (nSPS) is 15.4. The number of hydrogen-bond acceptors (Lipinski definition) is 7. The van der Waals surface area contributed by atoms with E-state index in [1.54, 1.807) is 47.4 Å². The first-order valence-corrected chi connectivity index (χ1v) is 11.6. The van der Waals surface area contributed by atoms with Crippen LogP contribution in [0, 0.1) is 0 Å². The summed E-state index contributed by atoms with van der Waals surface area (Å²) in [6.45, 7) is 1.37. The SMILES string of the molecule is O=C(Nc1ccc2c(c1)OCO2)c1nnc(C2CCN(C(=O)Nc3ccc(Cl)cc3)CC2)s1. The standard InChI is InChI=1S/C22H20ClN5O4S/c23-14-1-3-15(4-2-14)25-22(30)28-9-7-13(8-10-28)20-26-27-21(33-20)19(29)24-16-5-6-17-18(11-16)32-12-31-17/h1-6,11,13H,7-10,12H2,(H,24,29)(H,25,30). The molecule has 0 spiro atoms. The van der Waals surface area contributed by atoms with Crippen LogP contribution in [0.1, 0.15) is 33.6 Å². The summed E-state index contributed by atoms with van der Waals surface area (Å²) in [4.78, 5) is 26.9. The molecule has 0 atom stereocenters. The van der Waals surface area contributed by atoms with E-state index in [0.717, 1.165) is 17.8 Å². The van der Waals surface area contributed by atoms with Crippen molar-refractivity contribution in [3.63, 3.8) is 0 Å². The molecule has 2 N–H and O–H groups in total. The van der Waals surface area contributed by atoms with Gasteiger partial charge in [0.05, 0.1) is 0 Å². The Kier molecular flexibility index (Phi) is 6.01. The minimum absolute atomic E-state index is 0.142. The first kappa shape index (κ1) is 21.5. The molecule has 11 heteroatoms. The predicted molar refractivity (Wildman–Crippen MR) is 124 cm³/mol. The lowest BCUT2D eigenvalue weighted by atomic mass is 9.98. The minimum atomic E-state index is -0.322. The van der Waals surface area contributed by atoms with E-state index in [9.17, 15) is 9.59 Å². The lowest BCUT2D eigenvalue weighted by Crippen LogP contribution is -2.40. The van der Waals surface area contributed by atoms with E-state index in [-0.39, 0.29) is 24.6 Å². The zero-order valence-corrected chi connectivity index (χ0v) is 19.0. The third-order valence-electron chi connectivity index (χ3n) is 5.49. The van der Waals surface area contributed by atoms with Crippen molar-refractivity contribution in [3.05, 3.63) is 57.5 Å². The summed E-state index contributed by atoms with van der Waals surface area (Å²) in [5, 5.41) is 15.7. The average Bonchev–Trinajstić information content (AvgIpc) is 3.50. The van der Waals surface area contributed by atoms with E-state index in [1.807, 2.05) is 0 Å². The van der Waals surface area contributed by atoms with E-state index in [0.29, 0.717) is 46.0 Å². The van der Waals surface area contributed by atoms with E-state index in [2.05, 4.69) is 20.8 Å². The maximum Gasteiger partial charge on any atom is 0.321 e. The minimum Gasteiger partial charge on any atom is -0.454 e. The number of urea groups is 1. The van der Waals surface area contributed by atoms with Crippen molar-refractivity contribution in [2.75, 3.05) is 30.5 Å². The van der Waals surface area contributed by atoms with Crippen molar-refractivity contribution >= 4 is 46.3 Å². The van der Waals surface area contributed by atoms with Gasteiger partial charge >= 0.3 is 6.03 Å². The van der Waals surface area contributed by atoms with Gasteiger partial charge in [0.25, 0.3) is 5.91 Å². The third-order valence-corrected chi connectivity index (χ3v) is 6.83. The Morgan fingerprint density at radius 1 is 0.970 bits per heavy atom. The van der Waals surface area contributed by atoms with Crippen LogP contribution in [0.5, 0.6) is 11.5 Å². The fraction of sp³-hybridized carbons (Fsp3) is 0.273. The van der Waals surface area contributed by atoms with E-state index in [4.69, 9.17) is 21.1 Å². The second-order valence-electron chi connectivity index (χ2n) is 7.67. The molecule has 170 valence electrons. The van der Waals surface area contributed by atoms with Crippen LogP contribution < -0.4 is 20.1 Å². The van der Waals surface area contributed by atoms with Crippen LogP contribution in [0.25, 0.3) is 0 Å². The molecule has 3 heterocycles. The van der Waals surface area contributed by atoms with Crippen LogP contribution in [0.4, 0.5) is 16.2 Å². The second-order valence-corrected chi connectivity index (χ2v) is 9.11. The average molecular weight is 486 g/mol. The molecule has 0 unspecified atom stereocenters. The summed E-state index contributed by atoms with van der Waals surface area (Å²) >= 11 is 7.17. The molecule has 2 aliphatic rings. The number of nitrogens with zero attached hydrogens (tertiary/aromatic N) is 3. The van der Waals surface area contributed by atoms with Crippen molar-refractivity contribution < 1.29 is 19.1 Å². The highest BCUT2D eigenvalue weighted by Crippen LogP contribution is 2.35. The predicted octanol–water partition coefficient (Wildman–Crippen LogP) is 4.58. The molecule has 0 bridgehead atoms. The quantitative estimate of drug-likeness (QED) is 0.560. The number of hydrogen-bond donors (Lipinski definition) is 2. The topological polar surface area (TPSA) is 106 Å². The highest BCUT2D eigenvalue weighted by atomic mass is 35.5. The Morgan fingerprint density at radius 2 is 1.70 bits per heavy atom. The first-order valence-electron chi connectivity index (χ1n) is 10.4. The summed E-state index contributed by atoms with van der Waals surface area (Å²) in [5.41, 5.74) is 1.30. The van der Waals surface area contributed by atoms with Crippen LogP contribution in [0.15, 0.2) is 42.5 Å². The lowest BCUT2D eigenvalue weighted by molar-refractivity contribution is 0.102. The molecule has 1 fully saturated rings. The summed E-state index contributed by atoms with van der Waals surface area (Å²) in [6, 6.07) is 12.1. The zero-order chi connectivity index (χ0) is 22.8. The van der Waals surface area contributed by atoms with E-state index in [1.165, 1.54) is 11.3 Å². The monoisotopic (exact) mass is 485 g/mol. The summed E-state index contributed by atoms with van der Waals surface area (Å²) in [7, 11) is 0. The molecule has 3 amide bonds. The fourth-order valence-electron chi connectivity index (χ4n) is 3.72. The second kappa shape index (κ2) is 9.24. The molecule has 5 rings (SSSR count). The van der Waals surface area contributed by atoms with Crippen molar-refractivity contribution in [1.82, 2.24) is 15.1 Å². The van der Waals surface area contributed by atoms with Crippen molar-refractivity contribution in [1.29, 1.82) is 0 Å².